The normalized spacial score (nSPS) is 12.3. The molecule has 5 aromatic rings. The summed E-state index contributed by atoms with van der Waals surface area (Å²) in [4.78, 5) is 0. The Labute approximate surface area is 303 Å². The van der Waals surface area contributed by atoms with Crippen LogP contribution in [0.3, 0.4) is 0 Å². The van der Waals surface area contributed by atoms with Crippen molar-refractivity contribution in [3.63, 3.8) is 0 Å². The van der Waals surface area contributed by atoms with E-state index in [0.29, 0.717) is 0 Å². The van der Waals surface area contributed by atoms with E-state index in [1.165, 1.54) is 37.3 Å². The SMILES string of the molecule is Cc1cccc(C[B-](c2c(F)c(F)c(F)c(F)c2F)(c2c(F)c(F)c(F)c(F)c2F)c2c(F)c(F)c(F)c(F)c2F)[n+]1B1Oc2ccccc2O1.ClCCl. The Morgan fingerprint density at radius 3 is 1.09 bits per heavy atom. The van der Waals surface area contributed by atoms with Gasteiger partial charge in [0.05, 0.1) is 5.34 Å². The molecule has 6 rings (SSSR count). The van der Waals surface area contributed by atoms with Gasteiger partial charge in [0.25, 0.3) is 0 Å². The van der Waals surface area contributed by atoms with Crippen LogP contribution in [0.5, 0.6) is 11.5 Å². The largest absolute Gasteiger partial charge is 0.996 e. The number of rotatable bonds is 6. The summed E-state index contributed by atoms with van der Waals surface area (Å²) < 4.78 is 240. The van der Waals surface area contributed by atoms with Crippen molar-refractivity contribution in [3.8, 4) is 11.5 Å². The predicted molar refractivity (Wildman–Crippen MR) is 164 cm³/mol. The Bertz CT molecular complexity index is 2060. The standard InChI is InChI=1S/C31H12B2F15NO2.CH2Cl2/c1-10-5-4-6-11(49(10)32-50-12-7-2-3-8-13(12)51-32)9-33(14-17(34)23(40)29(46)24(41)18(14)35,15-19(36)25(42)30(47)26(43)20(15)37)16-21(38)27(44)31(48)28(45)22(16)39;2-1-3/h2-8H,9H2,1H3;1H2. The number of aryl methyl sites for hydroxylation is 1. The molecule has 1 aliphatic heterocycles. The molecule has 0 fully saturated rings. The number of benzene rings is 4. The smallest absolute Gasteiger partial charge is 0.459 e. The van der Waals surface area contributed by atoms with E-state index in [9.17, 15) is 39.5 Å². The van der Waals surface area contributed by atoms with E-state index in [4.69, 9.17) is 32.5 Å². The summed E-state index contributed by atoms with van der Waals surface area (Å²) in [5, 5.41) is 0.194. The van der Waals surface area contributed by atoms with Gasteiger partial charge < -0.3 is 9.31 Å². The van der Waals surface area contributed by atoms with Gasteiger partial charge in [-0.2, -0.15) is 0 Å². The summed E-state index contributed by atoms with van der Waals surface area (Å²) in [6.45, 7) is 1.23. The van der Waals surface area contributed by atoms with Crippen molar-refractivity contribution in [2.75, 3.05) is 5.34 Å². The summed E-state index contributed by atoms with van der Waals surface area (Å²) in [7, 11) is -1.78. The van der Waals surface area contributed by atoms with Crippen molar-refractivity contribution in [2.45, 2.75) is 13.2 Å². The van der Waals surface area contributed by atoms with Gasteiger partial charge in [0.1, 0.15) is 58.2 Å². The first kappa shape index (κ1) is 40.5. The number of aromatic nitrogens is 1. The number of pyridine rings is 1. The van der Waals surface area contributed by atoms with E-state index in [1.807, 2.05) is 0 Å². The molecule has 0 unspecified atom stereocenters. The molecule has 0 spiro atoms. The minimum atomic E-state index is -5.84. The van der Waals surface area contributed by atoms with Crippen LogP contribution in [-0.4, -0.2) is 18.7 Å². The predicted octanol–water partition coefficient (Wildman–Crippen LogP) is 7.35. The summed E-state index contributed by atoms with van der Waals surface area (Å²) >= 11 is 9.53. The van der Waals surface area contributed by atoms with Crippen LogP contribution < -0.4 is 30.2 Å². The minimum Gasteiger partial charge on any atom is -0.459 e. The third-order valence-corrected chi connectivity index (χ3v) is 8.56. The third-order valence-electron chi connectivity index (χ3n) is 8.56. The molecule has 0 saturated carbocycles. The van der Waals surface area contributed by atoms with Crippen molar-refractivity contribution < 1.29 is 79.6 Å². The van der Waals surface area contributed by atoms with E-state index in [0.717, 1.165) is 16.6 Å². The monoisotopic (exact) mass is 821 g/mol. The lowest BCUT2D eigenvalue weighted by Gasteiger charge is -2.43. The van der Waals surface area contributed by atoms with Crippen molar-refractivity contribution >= 4 is 53.0 Å². The molecular formula is C32H14B2Cl2F15NO2. The van der Waals surface area contributed by atoms with Gasteiger partial charge in [0, 0.05) is 13.0 Å². The van der Waals surface area contributed by atoms with Gasteiger partial charge >= 0.3 is 7.25 Å². The first-order valence-electron chi connectivity index (χ1n) is 14.7. The zero-order valence-corrected chi connectivity index (χ0v) is 27.8. The average Bonchev–Trinajstić information content (AvgIpc) is 3.57. The van der Waals surface area contributed by atoms with Gasteiger partial charge in [-0.1, -0.05) is 24.5 Å². The number of halogens is 17. The first-order chi connectivity index (χ1) is 25.4. The lowest BCUT2D eigenvalue weighted by molar-refractivity contribution is -0.572. The van der Waals surface area contributed by atoms with E-state index in [-0.39, 0.29) is 22.5 Å². The summed E-state index contributed by atoms with van der Waals surface area (Å²) in [6, 6.07) is 8.66. The van der Waals surface area contributed by atoms with Crippen LogP contribution in [-0.2, 0) is 6.32 Å². The van der Waals surface area contributed by atoms with Gasteiger partial charge in [0.2, 0.25) is 0 Å². The quantitative estimate of drug-likeness (QED) is 0.0589. The molecule has 0 radical (unpaired) electrons. The highest BCUT2D eigenvalue weighted by Crippen LogP contribution is 2.33. The fourth-order valence-electron chi connectivity index (χ4n) is 6.36. The summed E-state index contributed by atoms with van der Waals surface area (Å²) in [5.74, 6) is -46.0. The van der Waals surface area contributed by atoms with Crippen LogP contribution in [0.4, 0.5) is 65.9 Å². The van der Waals surface area contributed by atoms with Gasteiger partial charge in [-0.05, 0) is 18.2 Å². The number of hydrogen-bond acceptors (Lipinski definition) is 2. The zero-order valence-electron chi connectivity index (χ0n) is 26.3. The van der Waals surface area contributed by atoms with Crippen LogP contribution >= 0.6 is 23.2 Å². The van der Waals surface area contributed by atoms with Crippen molar-refractivity contribution in [1.82, 2.24) is 0 Å². The molecule has 0 saturated heterocycles. The number of fused-ring (bicyclic) bond motifs is 1. The molecule has 284 valence electrons. The molecule has 22 heteroatoms. The highest BCUT2D eigenvalue weighted by molar-refractivity contribution is 7.11. The maximum Gasteiger partial charge on any atom is 0.996 e. The topological polar surface area (TPSA) is 22.3 Å². The maximum atomic E-state index is 15.9. The third kappa shape index (κ3) is 6.25. The van der Waals surface area contributed by atoms with Gasteiger partial charge in [-0.15, -0.1) is 39.6 Å². The van der Waals surface area contributed by atoms with Crippen LogP contribution in [0.1, 0.15) is 11.4 Å². The van der Waals surface area contributed by atoms with Crippen LogP contribution in [0.2, 0.25) is 0 Å². The Hall–Kier alpha value is -4.71. The minimum absolute atomic E-state index is 0.000253. The lowest BCUT2D eigenvalue weighted by atomic mass is 9.13. The van der Waals surface area contributed by atoms with Crippen LogP contribution in [0.25, 0.3) is 0 Å². The fourth-order valence-corrected chi connectivity index (χ4v) is 6.36. The van der Waals surface area contributed by atoms with E-state index < -0.39 is 129 Å². The van der Waals surface area contributed by atoms with E-state index in [2.05, 4.69) is 0 Å². The number of nitrogens with zero attached hydrogens (tertiary/aromatic N) is 1. The Morgan fingerprint density at radius 1 is 0.481 bits per heavy atom. The van der Waals surface area contributed by atoms with Crippen LogP contribution in [0, 0.1) is 94.2 Å². The Kier molecular flexibility index (Phi) is 11.4. The summed E-state index contributed by atoms with van der Waals surface area (Å²) in [6.07, 6.45) is -7.86. The second kappa shape index (κ2) is 15.2. The molecule has 1 aromatic heterocycles. The Balaban J connectivity index is 0.00000181. The molecule has 0 bridgehead atoms. The molecule has 4 aromatic carbocycles. The summed E-state index contributed by atoms with van der Waals surface area (Å²) in [5.41, 5.74) is -9.01. The molecule has 0 amide bonds. The van der Waals surface area contributed by atoms with Crippen molar-refractivity contribution in [1.29, 1.82) is 0 Å². The molecule has 0 atom stereocenters. The molecule has 1 aliphatic rings. The zero-order chi connectivity index (χ0) is 40.1. The van der Waals surface area contributed by atoms with Gasteiger partial charge in [-0.3, -0.25) is 0 Å². The molecule has 2 heterocycles. The second-order valence-electron chi connectivity index (χ2n) is 11.3. The highest BCUT2D eigenvalue weighted by atomic mass is 35.5. The molecule has 0 N–H and O–H groups in total. The van der Waals surface area contributed by atoms with Gasteiger partial charge in [-0.25, -0.2) is 70.3 Å². The van der Waals surface area contributed by atoms with Gasteiger partial charge in [0.15, 0.2) is 58.0 Å². The second-order valence-corrected chi connectivity index (χ2v) is 12.1. The molecular weight excluding hydrogens is 808 g/mol. The highest BCUT2D eigenvalue weighted by Gasteiger charge is 2.53. The Morgan fingerprint density at radius 2 is 0.778 bits per heavy atom. The maximum absolute atomic E-state index is 15.9. The van der Waals surface area contributed by atoms with Crippen LogP contribution in [0.15, 0.2) is 42.5 Å². The van der Waals surface area contributed by atoms with E-state index >= 15 is 26.3 Å². The molecule has 3 nitrogen and oxygen atoms in total. The average molecular weight is 822 g/mol. The molecule has 0 aliphatic carbocycles. The number of alkyl halides is 2. The van der Waals surface area contributed by atoms with Crippen molar-refractivity contribution in [3.05, 3.63) is 141 Å². The van der Waals surface area contributed by atoms with E-state index in [1.54, 1.807) is 0 Å². The first-order valence-corrected chi connectivity index (χ1v) is 15.7. The lowest BCUT2D eigenvalue weighted by Crippen LogP contribution is -2.76. The fraction of sp³-hybridized carbons (Fsp3) is 0.0938. The van der Waals surface area contributed by atoms with Crippen molar-refractivity contribution in [2.24, 2.45) is 0 Å². The molecule has 54 heavy (non-hydrogen) atoms. The number of para-hydroxylation sites is 2. The number of hydrogen-bond donors (Lipinski definition) is 0.